The van der Waals surface area contributed by atoms with Crippen molar-refractivity contribution >= 4 is 15.9 Å². The first-order chi connectivity index (χ1) is 7.70. The Labute approximate surface area is 104 Å². The van der Waals surface area contributed by atoms with Crippen molar-refractivity contribution in [1.82, 2.24) is 9.97 Å². The number of aryl methyl sites for hydroxylation is 2. The van der Waals surface area contributed by atoms with Crippen LogP contribution in [0.15, 0.2) is 30.5 Å². The van der Waals surface area contributed by atoms with Crippen LogP contribution in [-0.4, -0.2) is 9.97 Å². The smallest absolute Gasteiger partial charge is 0.159 e. The lowest BCUT2D eigenvalue weighted by Crippen LogP contribution is -1.96. The van der Waals surface area contributed by atoms with Crippen molar-refractivity contribution in [2.75, 3.05) is 0 Å². The molecule has 0 aliphatic heterocycles. The van der Waals surface area contributed by atoms with E-state index in [0.717, 1.165) is 28.0 Å². The second kappa shape index (κ2) is 4.74. The first-order valence-corrected chi connectivity index (χ1v) is 6.28. The Morgan fingerprint density at radius 1 is 1.12 bits per heavy atom. The lowest BCUT2D eigenvalue weighted by Gasteiger charge is -2.05. The molecule has 1 heterocycles. The summed E-state index contributed by atoms with van der Waals surface area (Å²) >= 11 is 3.44. The largest absolute Gasteiger partial charge is 0.236 e. The van der Waals surface area contributed by atoms with Gasteiger partial charge in [0.05, 0.1) is 5.69 Å². The van der Waals surface area contributed by atoms with E-state index < -0.39 is 0 Å². The van der Waals surface area contributed by atoms with E-state index in [0.29, 0.717) is 0 Å². The summed E-state index contributed by atoms with van der Waals surface area (Å²) in [7, 11) is 0. The van der Waals surface area contributed by atoms with E-state index in [1.807, 2.05) is 13.1 Å². The lowest BCUT2D eigenvalue weighted by molar-refractivity contribution is 1.06. The minimum atomic E-state index is 0.764. The molecule has 0 bridgehead atoms. The monoisotopic (exact) mass is 276 g/mol. The SMILES string of the molecule is Cc1ccc(-c2ncc(C)c(CBr)n2)cc1. The molecule has 0 aliphatic rings. The highest BCUT2D eigenvalue weighted by molar-refractivity contribution is 9.08. The van der Waals surface area contributed by atoms with Gasteiger partial charge in [0, 0.05) is 17.1 Å². The second-order valence-corrected chi connectivity index (χ2v) is 4.38. The Morgan fingerprint density at radius 3 is 2.44 bits per heavy atom. The van der Waals surface area contributed by atoms with E-state index in [1.165, 1.54) is 5.56 Å². The zero-order valence-corrected chi connectivity index (χ0v) is 11.0. The van der Waals surface area contributed by atoms with Crippen LogP contribution in [0, 0.1) is 13.8 Å². The summed E-state index contributed by atoms with van der Waals surface area (Å²) in [6.07, 6.45) is 1.87. The molecule has 2 rings (SSSR count). The van der Waals surface area contributed by atoms with E-state index in [-0.39, 0.29) is 0 Å². The summed E-state index contributed by atoms with van der Waals surface area (Å²) in [5.41, 5.74) is 4.47. The number of alkyl halides is 1. The highest BCUT2D eigenvalue weighted by atomic mass is 79.9. The Balaban J connectivity index is 2.44. The molecule has 0 atom stereocenters. The topological polar surface area (TPSA) is 25.8 Å². The summed E-state index contributed by atoms with van der Waals surface area (Å²) < 4.78 is 0. The fourth-order valence-corrected chi connectivity index (χ4v) is 2.02. The normalized spacial score (nSPS) is 10.4. The number of aromatic nitrogens is 2. The third-order valence-corrected chi connectivity index (χ3v) is 3.04. The highest BCUT2D eigenvalue weighted by Crippen LogP contribution is 2.17. The number of hydrogen-bond donors (Lipinski definition) is 0. The molecule has 0 spiro atoms. The fourth-order valence-electron chi connectivity index (χ4n) is 1.45. The maximum Gasteiger partial charge on any atom is 0.159 e. The molecule has 3 heteroatoms. The van der Waals surface area contributed by atoms with Crippen molar-refractivity contribution in [2.24, 2.45) is 0 Å². The van der Waals surface area contributed by atoms with Crippen LogP contribution in [0.25, 0.3) is 11.4 Å². The van der Waals surface area contributed by atoms with Gasteiger partial charge in [-0.3, -0.25) is 0 Å². The Morgan fingerprint density at radius 2 is 1.81 bits per heavy atom. The molecule has 0 amide bonds. The van der Waals surface area contributed by atoms with Crippen LogP contribution in [0.3, 0.4) is 0 Å². The molecule has 2 nitrogen and oxygen atoms in total. The minimum Gasteiger partial charge on any atom is -0.236 e. The van der Waals surface area contributed by atoms with E-state index in [4.69, 9.17) is 0 Å². The van der Waals surface area contributed by atoms with Crippen molar-refractivity contribution in [2.45, 2.75) is 19.2 Å². The third kappa shape index (κ3) is 2.30. The zero-order chi connectivity index (χ0) is 11.5. The predicted molar refractivity (Wildman–Crippen MR) is 69.6 cm³/mol. The number of nitrogens with zero attached hydrogens (tertiary/aromatic N) is 2. The van der Waals surface area contributed by atoms with Crippen LogP contribution < -0.4 is 0 Å². The number of halogens is 1. The van der Waals surface area contributed by atoms with Crippen molar-refractivity contribution in [1.29, 1.82) is 0 Å². The van der Waals surface area contributed by atoms with E-state index in [2.05, 4.69) is 57.1 Å². The van der Waals surface area contributed by atoms with Gasteiger partial charge in [-0.1, -0.05) is 45.8 Å². The summed E-state index contributed by atoms with van der Waals surface area (Å²) in [4.78, 5) is 8.89. The number of hydrogen-bond acceptors (Lipinski definition) is 2. The molecular formula is C13H13BrN2. The average Bonchev–Trinajstić information content (AvgIpc) is 2.31. The maximum absolute atomic E-state index is 4.53. The fraction of sp³-hybridized carbons (Fsp3) is 0.231. The number of benzene rings is 1. The van der Waals surface area contributed by atoms with Crippen LogP contribution in [0.4, 0.5) is 0 Å². The highest BCUT2D eigenvalue weighted by Gasteiger charge is 2.04. The zero-order valence-electron chi connectivity index (χ0n) is 9.37. The van der Waals surface area contributed by atoms with Gasteiger partial charge >= 0.3 is 0 Å². The van der Waals surface area contributed by atoms with E-state index in [9.17, 15) is 0 Å². The van der Waals surface area contributed by atoms with Gasteiger partial charge in [-0.15, -0.1) is 0 Å². The Hall–Kier alpha value is -1.22. The van der Waals surface area contributed by atoms with E-state index in [1.54, 1.807) is 0 Å². The average molecular weight is 277 g/mol. The molecular weight excluding hydrogens is 264 g/mol. The molecule has 0 radical (unpaired) electrons. The third-order valence-electron chi connectivity index (χ3n) is 2.51. The van der Waals surface area contributed by atoms with Crippen LogP contribution in [0.1, 0.15) is 16.8 Å². The van der Waals surface area contributed by atoms with E-state index >= 15 is 0 Å². The quantitative estimate of drug-likeness (QED) is 0.783. The molecule has 0 saturated heterocycles. The molecule has 2 aromatic rings. The number of rotatable bonds is 2. The summed E-state index contributed by atoms with van der Waals surface area (Å²) in [6, 6.07) is 8.26. The van der Waals surface area contributed by atoms with Crippen LogP contribution >= 0.6 is 15.9 Å². The Bertz CT molecular complexity index is 492. The van der Waals surface area contributed by atoms with Crippen molar-refractivity contribution in [3.05, 3.63) is 47.3 Å². The standard InChI is InChI=1S/C13H13BrN2/c1-9-3-5-11(6-4-9)13-15-8-10(2)12(7-14)16-13/h3-6,8H,7H2,1-2H3. The first-order valence-electron chi connectivity index (χ1n) is 5.16. The van der Waals surface area contributed by atoms with Crippen molar-refractivity contribution in [3.8, 4) is 11.4 Å². The van der Waals surface area contributed by atoms with Crippen LogP contribution in [-0.2, 0) is 5.33 Å². The molecule has 0 aliphatic carbocycles. The van der Waals surface area contributed by atoms with Crippen molar-refractivity contribution in [3.63, 3.8) is 0 Å². The molecule has 0 N–H and O–H groups in total. The summed E-state index contributed by atoms with van der Waals surface area (Å²) in [5, 5.41) is 0.764. The van der Waals surface area contributed by atoms with Gasteiger partial charge < -0.3 is 0 Å². The molecule has 16 heavy (non-hydrogen) atoms. The van der Waals surface area contributed by atoms with Crippen LogP contribution in [0.2, 0.25) is 0 Å². The van der Waals surface area contributed by atoms with Crippen LogP contribution in [0.5, 0.6) is 0 Å². The van der Waals surface area contributed by atoms with Gasteiger partial charge in [-0.25, -0.2) is 9.97 Å². The predicted octanol–water partition coefficient (Wildman–Crippen LogP) is 3.66. The maximum atomic E-state index is 4.53. The molecule has 1 aromatic heterocycles. The second-order valence-electron chi connectivity index (χ2n) is 3.82. The van der Waals surface area contributed by atoms with Gasteiger partial charge in [0.2, 0.25) is 0 Å². The van der Waals surface area contributed by atoms with Crippen molar-refractivity contribution < 1.29 is 0 Å². The first kappa shape index (κ1) is 11.3. The molecule has 1 aromatic carbocycles. The summed E-state index contributed by atoms with van der Waals surface area (Å²) in [6.45, 7) is 4.10. The lowest BCUT2D eigenvalue weighted by atomic mass is 10.1. The van der Waals surface area contributed by atoms with Gasteiger partial charge in [-0.05, 0) is 19.4 Å². The Kier molecular flexibility index (Phi) is 3.34. The van der Waals surface area contributed by atoms with Gasteiger partial charge in [0.15, 0.2) is 5.82 Å². The molecule has 82 valence electrons. The van der Waals surface area contributed by atoms with Gasteiger partial charge in [-0.2, -0.15) is 0 Å². The minimum absolute atomic E-state index is 0.764. The molecule has 0 saturated carbocycles. The molecule has 0 unspecified atom stereocenters. The summed E-state index contributed by atoms with van der Waals surface area (Å²) in [5.74, 6) is 0.792. The molecule has 0 fully saturated rings. The van der Waals surface area contributed by atoms with Gasteiger partial charge in [0.25, 0.3) is 0 Å². The van der Waals surface area contributed by atoms with Gasteiger partial charge in [0.1, 0.15) is 0 Å².